The number of amides is 1. The van der Waals surface area contributed by atoms with Gasteiger partial charge in [-0.05, 0) is 6.07 Å². The second kappa shape index (κ2) is 3.71. The summed E-state index contributed by atoms with van der Waals surface area (Å²) < 4.78 is 5.46. The minimum Gasteiger partial charge on any atom is -0.356 e. The number of ether oxygens (including phenoxy) is 1. The number of nitrogens with zero attached hydrogens (tertiary/aromatic N) is 1. The van der Waals surface area contributed by atoms with Gasteiger partial charge in [0.1, 0.15) is 5.69 Å². The Bertz CT molecular complexity index is 603. The van der Waals surface area contributed by atoms with Crippen LogP contribution in [0, 0.1) is 0 Å². The number of morpholine rings is 1. The first kappa shape index (κ1) is 10.0. The predicted octanol–water partition coefficient (Wildman–Crippen LogP) is 1.26. The summed E-state index contributed by atoms with van der Waals surface area (Å²) in [7, 11) is 0. The molecule has 2 N–H and O–H groups in total. The van der Waals surface area contributed by atoms with Gasteiger partial charge in [-0.15, -0.1) is 0 Å². The zero-order valence-electron chi connectivity index (χ0n) is 9.06. The summed E-state index contributed by atoms with van der Waals surface area (Å²) in [6, 6.07) is 7.63. The molecule has 1 atom stereocenters. The molecule has 0 aliphatic carbocycles. The number of fused-ring (bicyclic) bond motifs is 1. The molecule has 1 amide bonds. The molecule has 86 valence electrons. The molecule has 5 heteroatoms. The quantitative estimate of drug-likeness (QED) is 0.773. The fraction of sp³-hybridized carbons (Fsp3) is 0.167. The number of rotatable bonds is 1. The number of hydrogen-bond donors (Lipinski definition) is 2. The summed E-state index contributed by atoms with van der Waals surface area (Å²) in [6.07, 6.45) is -0.670. The van der Waals surface area contributed by atoms with Crippen LogP contribution in [0.5, 0.6) is 0 Å². The van der Waals surface area contributed by atoms with Gasteiger partial charge in [0.05, 0.1) is 12.1 Å². The van der Waals surface area contributed by atoms with E-state index >= 15 is 0 Å². The number of benzene rings is 1. The normalized spacial score (nSPS) is 20.6. The minimum absolute atomic E-state index is 0.224. The molecule has 2 aromatic rings. The van der Waals surface area contributed by atoms with Gasteiger partial charge in [-0.2, -0.15) is 5.10 Å². The largest absolute Gasteiger partial charge is 0.356 e. The number of carbonyl (C=O) groups is 1. The van der Waals surface area contributed by atoms with Crippen LogP contribution in [-0.2, 0) is 9.53 Å². The van der Waals surface area contributed by atoms with Crippen molar-refractivity contribution in [3.8, 4) is 0 Å². The van der Waals surface area contributed by atoms with Crippen LogP contribution in [0.15, 0.2) is 36.5 Å². The lowest BCUT2D eigenvalue weighted by atomic mass is 10.1. The molecule has 5 nitrogen and oxygen atoms in total. The molecule has 1 aliphatic heterocycles. The predicted molar refractivity (Wildman–Crippen MR) is 62.1 cm³/mol. The van der Waals surface area contributed by atoms with Crippen molar-refractivity contribution in [1.29, 1.82) is 0 Å². The van der Waals surface area contributed by atoms with Crippen molar-refractivity contribution in [2.45, 2.75) is 6.10 Å². The van der Waals surface area contributed by atoms with E-state index in [0.717, 1.165) is 10.9 Å². The van der Waals surface area contributed by atoms with Crippen LogP contribution in [-0.4, -0.2) is 22.7 Å². The third-order valence-electron chi connectivity index (χ3n) is 2.71. The van der Waals surface area contributed by atoms with E-state index in [1.807, 2.05) is 24.3 Å². The van der Waals surface area contributed by atoms with Gasteiger partial charge >= 0.3 is 0 Å². The summed E-state index contributed by atoms with van der Waals surface area (Å²) in [5.41, 5.74) is 2.08. The smallest absolute Gasteiger partial charge is 0.259 e. The Balaban J connectivity index is 2.04. The van der Waals surface area contributed by atoms with Crippen LogP contribution in [0.2, 0.25) is 0 Å². The van der Waals surface area contributed by atoms with Crippen LogP contribution in [0.1, 0.15) is 11.8 Å². The highest BCUT2D eigenvalue weighted by molar-refractivity contribution is 5.90. The lowest BCUT2D eigenvalue weighted by Crippen LogP contribution is -2.37. The first-order valence-corrected chi connectivity index (χ1v) is 5.29. The van der Waals surface area contributed by atoms with E-state index in [1.165, 1.54) is 0 Å². The molecule has 0 saturated carbocycles. The molecule has 0 radical (unpaired) electrons. The van der Waals surface area contributed by atoms with Crippen molar-refractivity contribution >= 4 is 16.8 Å². The fourth-order valence-corrected chi connectivity index (χ4v) is 1.92. The minimum atomic E-state index is -0.670. The Morgan fingerprint density at radius 1 is 1.41 bits per heavy atom. The average molecular weight is 229 g/mol. The van der Waals surface area contributed by atoms with Crippen molar-refractivity contribution in [2.75, 3.05) is 6.61 Å². The van der Waals surface area contributed by atoms with Gasteiger partial charge in [-0.25, -0.2) is 0 Å². The zero-order chi connectivity index (χ0) is 11.8. The van der Waals surface area contributed by atoms with Crippen molar-refractivity contribution in [1.82, 2.24) is 15.5 Å². The van der Waals surface area contributed by atoms with Gasteiger partial charge in [0.15, 0.2) is 6.10 Å². The Labute approximate surface area is 97.5 Å². The van der Waals surface area contributed by atoms with Crippen LogP contribution in [0.25, 0.3) is 10.9 Å². The van der Waals surface area contributed by atoms with E-state index in [1.54, 1.807) is 0 Å². The van der Waals surface area contributed by atoms with Crippen molar-refractivity contribution in [3.63, 3.8) is 0 Å². The van der Waals surface area contributed by atoms with Crippen LogP contribution < -0.4 is 5.32 Å². The maximum atomic E-state index is 11.8. The second-order valence-corrected chi connectivity index (χ2v) is 3.94. The zero-order valence-corrected chi connectivity index (χ0v) is 9.06. The molecule has 17 heavy (non-hydrogen) atoms. The van der Waals surface area contributed by atoms with E-state index in [2.05, 4.69) is 22.1 Å². The van der Waals surface area contributed by atoms with E-state index in [0.29, 0.717) is 18.0 Å². The topological polar surface area (TPSA) is 67.0 Å². The monoisotopic (exact) mass is 229 g/mol. The van der Waals surface area contributed by atoms with E-state index in [4.69, 9.17) is 4.74 Å². The number of H-pyrrole nitrogens is 1. The van der Waals surface area contributed by atoms with Crippen molar-refractivity contribution in [3.05, 3.63) is 42.2 Å². The van der Waals surface area contributed by atoms with E-state index in [-0.39, 0.29) is 5.91 Å². The molecule has 1 unspecified atom stereocenters. The van der Waals surface area contributed by atoms with Gasteiger partial charge in [0.2, 0.25) is 0 Å². The number of carbonyl (C=O) groups excluding carboxylic acids is 1. The van der Waals surface area contributed by atoms with Crippen LogP contribution in [0.4, 0.5) is 0 Å². The maximum absolute atomic E-state index is 11.8. The number of aromatic nitrogens is 2. The second-order valence-electron chi connectivity index (χ2n) is 3.94. The third-order valence-corrected chi connectivity index (χ3v) is 2.71. The summed E-state index contributed by atoms with van der Waals surface area (Å²) in [5.74, 6) is -0.224. The van der Waals surface area contributed by atoms with Gasteiger partial charge < -0.3 is 10.1 Å². The Hall–Kier alpha value is -2.14. The van der Waals surface area contributed by atoms with E-state index < -0.39 is 6.10 Å². The molecule has 1 saturated heterocycles. The third kappa shape index (κ3) is 1.60. The molecule has 0 bridgehead atoms. The molecule has 1 aliphatic rings. The highest BCUT2D eigenvalue weighted by Crippen LogP contribution is 2.26. The van der Waals surface area contributed by atoms with Crippen LogP contribution >= 0.6 is 0 Å². The lowest BCUT2D eigenvalue weighted by Gasteiger charge is -2.22. The standard InChI is InChI=1S/C12H11N3O2/c1-7-6-17-11(12(16)13-7)10-8-4-2-3-5-9(8)14-15-10/h2-5,11H,1,6H2,(H,13,16)(H,14,15). The Morgan fingerprint density at radius 2 is 2.24 bits per heavy atom. The van der Waals surface area contributed by atoms with Crippen LogP contribution in [0.3, 0.4) is 0 Å². The Kier molecular flexibility index (Phi) is 2.19. The molecule has 1 aromatic heterocycles. The van der Waals surface area contributed by atoms with Gasteiger partial charge in [-0.1, -0.05) is 24.8 Å². The number of para-hydroxylation sites is 1. The lowest BCUT2D eigenvalue weighted by molar-refractivity contribution is -0.135. The highest BCUT2D eigenvalue weighted by Gasteiger charge is 2.29. The van der Waals surface area contributed by atoms with Crippen molar-refractivity contribution < 1.29 is 9.53 Å². The highest BCUT2D eigenvalue weighted by atomic mass is 16.5. The molecule has 1 fully saturated rings. The molecule has 2 heterocycles. The molecular weight excluding hydrogens is 218 g/mol. The molecule has 3 rings (SSSR count). The molecule has 1 aromatic carbocycles. The summed E-state index contributed by atoms with van der Waals surface area (Å²) in [4.78, 5) is 11.8. The Morgan fingerprint density at radius 3 is 3.06 bits per heavy atom. The maximum Gasteiger partial charge on any atom is 0.259 e. The van der Waals surface area contributed by atoms with Gasteiger partial charge in [0, 0.05) is 11.1 Å². The summed E-state index contributed by atoms with van der Waals surface area (Å²) in [5, 5.41) is 10.6. The average Bonchev–Trinajstić information content (AvgIpc) is 2.73. The first-order valence-electron chi connectivity index (χ1n) is 5.29. The number of hydrogen-bond acceptors (Lipinski definition) is 3. The number of aromatic amines is 1. The summed E-state index contributed by atoms with van der Waals surface area (Å²) in [6.45, 7) is 3.97. The van der Waals surface area contributed by atoms with Crippen molar-refractivity contribution in [2.24, 2.45) is 0 Å². The fourth-order valence-electron chi connectivity index (χ4n) is 1.92. The molecule has 0 spiro atoms. The first-order chi connectivity index (χ1) is 8.25. The number of nitrogens with one attached hydrogen (secondary N) is 2. The van der Waals surface area contributed by atoms with E-state index in [9.17, 15) is 4.79 Å². The summed E-state index contributed by atoms with van der Waals surface area (Å²) >= 11 is 0. The SMILES string of the molecule is C=C1COC(c2n[nH]c3ccccc23)C(=O)N1. The van der Waals surface area contributed by atoms with Gasteiger partial charge in [-0.3, -0.25) is 9.89 Å². The van der Waals surface area contributed by atoms with Gasteiger partial charge in [0.25, 0.3) is 5.91 Å². The molecular formula is C12H11N3O2.